The molecule has 1 heterocycles. The molecule has 0 aliphatic carbocycles. The number of hydrogen-bond donors (Lipinski definition) is 0. The highest BCUT2D eigenvalue weighted by atomic mass is 32.7. The highest BCUT2D eigenvalue weighted by Gasteiger charge is 2.21. The average molecular weight is 242 g/mol. The molecule has 0 N–H and O–H groups in total. The zero-order valence-electron chi connectivity index (χ0n) is 8.76. The summed E-state index contributed by atoms with van der Waals surface area (Å²) in [5, 5.41) is 0.667. The van der Waals surface area contributed by atoms with Crippen LogP contribution in [0.15, 0.2) is 30.3 Å². The first-order valence-electron chi connectivity index (χ1n) is 5.11. The van der Waals surface area contributed by atoms with Gasteiger partial charge in [-0.15, -0.1) is 0 Å². The third kappa shape index (κ3) is 3.76. The van der Waals surface area contributed by atoms with Gasteiger partial charge in [0, 0.05) is 5.25 Å². The molecule has 1 aromatic carbocycles. The van der Waals surface area contributed by atoms with Crippen LogP contribution in [0.5, 0.6) is 0 Å². The van der Waals surface area contributed by atoms with Gasteiger partial charge in [0.25, 0.3) is 0 Å². The molecule has 1 aliphatic heterocycles. The molecule has 0 aromatic heterocycles. The molecule has 15 heavy (non-hydrogen) atoms. The van der Waals surface area contributed by atoms with Gasteiger partial charge in [-0.3, -0.25) is 0 Å². The van der Waals surface area contributed by atoms with Crippen molar-refractivity contribution in [1.29, 1.82) is 0 Å². The molecule has 0 amide bonds. The van der Waals surface area contributed by atoms with Gasteiger partial charge < -0.3 is 9.05 Å². The van der Waals surface area contributed by atoms with Crippen LogP contribution in [0.2, 0.25) is 0 Å². The van der Waals surface area contributed by atoms with E-state index >= 15 is 0 Å². The summed E-state index contributed by atoms with van der Waals surface area (Å²) in [5.74, 6) is 0. The van der Waals surface area contributed by atoms with Crippen molar-refractivity contribution in [3.8, 4) is 0 Å². The largest absolute Gasteiger partial charge is 0.326 e. The highest BCUT2D eigenvalue weighted by Crippen LogP contribution is 2.57. The van der Waals surface area contributed by atoms with Gasteiger partial charge in [-0.05, 0) is 12.0 Å². The molecule has 0 bridgehead atoms. The summed E-state index contributed by atoms with van der Waals surface area (Å²) < 4.78 is 11.3. The minimum atomic E-state index is -0.718. The summed E-state index contributed by atoms with van der Waals surface area (Å²) in [7, 11) is -0.718. The lowest BCUT2D eigenvalue weighted by Gasteiger charge is -2.25. The summed E-state index contributed by atoms with van der Waals surface area (Å²) in [6, 6.07) is 10.2. The fourth-order valence-corrected chi connectivity index (χ4v) is 4.44. The maximum absolute atomic E-state index is 5.74. The smallest absolute Gasteiger partial charge is 0.238 e. The second-order valence-electron chi connectivity index (χ2n) is 3.52. The maximum atomic E-state index is 5.74. The number of hydrogen-bond acceptors (Lipinski definition) is 3. The molecule has 1 fully saturated rings. The van der Waals surface area contributed by atoms with E-state index in [1.54, 1.807) is 0 Å². The van der Waals surface area contributed by atoms with Crippen LogP contribution in [-0.2, 0) is 15.7 Å². The Bertz CT molecular complexity index is 294. The minimum Gasteiger partial charge on any atom is -0.326 e. The van der Waals surface area contributed by atoms with E-state index in [9.17, 15) is 0 Å². The summed E-state index contributed by atoms with van der Waals surface area (Å²) >= 11 is 1.83. The van der Waals surface area contributed by atoms with E-state index in [-0.39, 0.29) is 0 Å². The Morgan fingerprint density at radius 3 is 3.00 bits per heavy atom. The zero-order chi connectivity index (χ0) is 10.5. The van der Waals surface area contributed by atoms with E-state index < -0.39 is 7.58 Å². The Morgan fingerprint density at radius 1 is 1.47 bits per heavy atom. The molecule has 82 valence electrons. The Hall–Kier alpha value is -0.0800. The predicted octanol–water partition coefficient (Wildman–Crippen LogP) is 3.97. The number of benzene rings is 1. The van der Waals surface area contributed by atoms with E-state index in [2.05, 4.69) is 19.1 Å². The van der Waals surface area contributed by atoms with E-state index in [4.69, 9.17) is 9.05 Å². The van der Waals surface area contributed by atoms with Gasteiger partial charge in [0.1, 0.15) is 0 Å². The quantitative estimate of drug-likeness (QED) is 0.747. The van der Waals surface area contributed by atoms with Crippen molar-refractivity contribution in [3.05, 3.63) is 35.9 Å². The van der Waals surface area contributed by atoms with E-state index in [0.29, 0.717) is 11.9 Å². The van der Waals surface area contributed by atoms with Crippen molar-refractivity contribution in [2.75, 3.05) is 6.61 Å². The molecular formula is C11H15O2PS. The molecular weight excluding hydrogens is 227 g/mol. The summed E-state index contributed by atoms with van der Waals surface area (Å²) in [5.41, 5.74) is 1.21. The molecule has 2 rings (SSSR count). The maximum Gasteiger partial charge on any atom is 0.238 e. The van der Waals surface area contributed by atoms with Crippen LogP contribution in [0.25, 0.3) is 0 Å². The topological polar surface area (TPSA) is 18.5 Å². The molecule has 2 atom stereocenters. The first-order valence-corrected chi connectivity index (χ1v) is 7.77. The standard InChI is InChI=1S/C11H15O2PS/c1-10-7-8-12-14(15-10)13-9-11-5-3-2-4-6-11/h2-6,10H,7-9H2,1H3. The van der Waals surface area contributed by atoms with E-state index in [0.717, 1.165) is 13.0 Å². The third-order valence-electron chi connectivity index (χ3n) is 2.17. The van der Waals surface area contributed by atoms with Crippen LogP contribution in [-0.4, -0.2) is 11.9 Å². The molecule has 0 radical (unpaired) electrons. The molecule has 0 saturated carbocycles. The van der Waals surface area contributed by atoms with Crippen LogP contribution in [0, 0.1) is 0 Å². The summed E-state index contributed by atoms with van der Waals surface area (Å²) in [6.07, 6.45) is 1.14. The number of rotatable bonds is 3. The van der Waals surface area contributed by atoms with Crippen molar-refractivity contribution < 1.29 is 9.05 Å². The molecule has 1 aliphatic rings. The second-order valence-corrected chi connectivity index (χ2v) is 7.03. The van der Waals surface area contributed by atoms with Crippen molar-refractivity contribution >= 4 is 19.0 Å². The minimum absolute atomic E-state index is 0.659. The Labute approximate surface area is 96.0 Å². The lowest BCUT2D eigenvalue weighted by molar-refractivity contribution is 0.248. The van der Waals surface area contributed by atoms with Gasteiger partial charge in [0.05, 0.1) is 13.2 Å². The van der Waals surface area contributed by atoms with E-state index in [1.165, 1.54) is 5.56 Å². The molecule has 1 saturated heterocycles. The summed E-state index contributed by atoms with van der Waals surface area (Å²) in [6.45, 7) is 3.73. The third-order valence-corrected chi connectivity index (χ3v) is 5.90. The van der Waals surface area contributed by atoms with Crippen LogP contribution in [0.1, 0.15) is 18.9 Å². The highest BCUT2D eigenvalue weighted by molar-refractivity contribution is 8.53. The molecule has 4 heteroatoms. The van der Waals surface area contributed by atoms with Gasteiger partial charge in [-0.25, -0.2) is 0 Å². The SMILES string of the molecule is CC1CCOP(OCc2ccccc2)S1. The van der Waals surface area contributed by atoms with Crippen LogP contribution < -0.4 is 0 Å². The Morgan fingerprint density at radius 2 is 2.27 bits per heavy atom. The molecule has 2 unspecified atom stereocenters. The van der Waals surface area contributed by atoms with Crippen molar-refractivity contribution in [2.24, 2.45) is 0 Å². The van der Waals surface area contributed by atoms with E-state index in [1.807, 2.05) is 29.6 Å². The average Bonchev–Trinajstić information content (AvgIpc) is 2.28. The van der Waals surface area contributed by atoms with Gasteiger partial charge in [0.15, 0.2) is 0 Å². The lowest BCUT2D eigenvalue weighted by atomic mass is 10.2. The monoisotopic (exact) mass is 242 g/mol. The predicted molar refractivity (Wildman–Crippen MR) is 65.8 cm³/mol. The summed E-state index contributed by atoms with van der Waals surface area (Å²) in [4.78, 5) is 0. The zero-order valence-corrected chi connectivity index (χ0v) is 10.5. The van der Waals surface area contributed by atoms with Crippen LogP contribution in [0.3, 0.4) is 0 Å². The van der Waals surface area contributed by atoms with Crippen molar-refractivity contribution in [2.45, 2.75) is 25.2 Å². The van der Waals surface area contributed by atoms with Crippen LogP contribution >= 0.6 is 19.0 Å². The van der Waals surface area contributed by atoms with Crippen molar-refractivity contribution in [3.63, 3.8) is 0 Å². The Balaban J connectivity index is 1.78. The first-order chi connectivity index (χ1) is 7.34. The van der Waals surface area contributed by atoms with Gasteiger partial charge in [-0.1, -0.05) is 48.6 Å². The van der Waals surface area contributed by atoms with Gasteiger partial charge in [0.2, 0.25) is 7.58 Å². The lowest BCUT2D eigenvalue weighted by Crippen LogP contribution is -2.07. The second kappa shape index (κ2) is 5.86. The van der Waals surface area contributed by atoms with Gasteiger partial charge in [-0.2, -0.15) is 0 Å². The van der Waals surface area contributed by atoms with Crippen LogP contribution in [0.4, 0.5) is 0 Å². The fourth-order valence-electron chi connectivity index (χ4n) is 1.29. The molecule has 0 spiro atoms. The fraction of sp³-hybridized carbons (Fsp3) is 0.455. The molecule has 2 nitrogen and oxygen atoms in total. The Kier molecular flexibility index (Phi) is 4.45. The normalized spacial score (nSPS) is 26.5. The molecule has 1 aromatic rings. The first kappa shape index (κ1) is 11.4. The van der Waals surface area contributed by atoms with Gasteiger partial charge >= 0.3 is 0 Å². The van der Waals surface area contributed by atoms with Crippen molar-refractivity contribution in [1.82, 2.24) is 0 Å².